The number of aliphatic hydroxyl groups excluding tert-OH is 1. The first kappa shape index (κ1) is 14.9. The Morgan fingerprint density at radius 3 is 2.90 bits per heavy atom. The maximum absolute atomic E-state index is 10.5. The summed E-state index contributed by atoms with van der Waals surface area (Å²) in [6.07, 6.45) is 4.74. The number of para-hydroxylation sites is 1. The quantitative estimate of drug-likeness (QED) is 0.922. The average Bonchev–Trinajstić information content (AvgIpc) is 2.47. The molecule has 1 fully saturated rings. The molecule has 0 saturated carbocycles. The number of likely N-dealkylation sites (tertiary alicyclic amines) is 1. The zero-order valence-electron chi connectivity index (χ0n) is 13.2. The van der Waals surface area contributed by atoms with Crippen LogP contribution in [0, 0.1) is 5.92 Å². The Kier molecular flexibility index (Phi) is 4.81. The molecule has 2 atom stereocenters. The number of aliphatic hydroxyl groups is 1. The number of rotatable bonds is 4. The smallest absolute Gasteiger partial charge is 0.0841 e. The molecule has 1 aromatic rings. The molecule has 3 rings (SSSR count). The number of β-amino-alcohol motifs (C(OH)–C–C–N with tert-alkyl or cyclic N) is 1. The van der Waals surface area contributed by atoms with Crippen LogP contribution in [0.5, 0.6) is 0 Å². The summed E-state index contributed by atoms with van der Waals surface area (Å²) in [5.41, 5.74) is 2.76. The van der Waals surface area contributed by atoms with Crippen LogP contribution < -0.4 is 4.90 Å². The third-order valence-corrected chi connectivity index (χ3v) is 4.85. The molecule has 0 aromatic heterocycles. The van der Waals surface area contributed by atoms with Crippen LogP contribution in [0.25, 0.3) is 0 Å². The van der Waals surface area contributed by atoms with Crippen molar-refractivity contribution in [3.05, 3.63) is 29.8 Å². The zero-order chi connectivity index (χ0) is 14.7. The van der Waals surface area contributed by atoms with E-state index in [1.54, 1.807) is 0 Å². The lowest BCUT2D eigenvalue weighted by atomic mass is 9.99. The van der Waals surface area contributed by atoms with Gasteiger partial charge in [0.1, 0.15) is 0 Å². The van der Waals surface area contributed by atoms with Gasteiger partial charge in [0.15, 0.2) is 0 Å². The second kappa shape index (κ2) is 6.80. The molecule has 0 bridgehead atoms. The second-order valence-electron chi connectivity index (χ2n) is 6.84. The monoisotopic (exact) mass is 288 g/mol. The molecule has 21 heavy (non-hydrogen) atoms. The topological polar surface area (TPSA) is 26.7 Å². The van der Waals surface area contributed by atoms with Gasteiger partial charge in [0.2, 0.25) is 0 Å². The van der Waals surface area contributed by atoms with E-state index in [0.717, 1.165) is 38.6 Å². The van der Waals surface area contributed by atoms with Crippen LogP contribution in [0.15, 0.2) is 24.3 Å². The minimum atomic E-state index is -0.249. The molecule has 0 spiro atoms. The lowest BCUT2D eigenvalue weighted by molar-refractivity contribution is 0.0909. The summed E-state index contributed by atoms with van der Waals surface area (Å²) in [5.74, 6) is 0.779. The van der Waals surface area contributed by atoms with E-state index >= 15 is 0 Å². The van der Waals surface area contributed by atoms with Crippen LogP contribution in [-0.2, 0) is 6.42 Å². The summed E-state index contributed by atoms with van der Waals surface area (Å²) in [4.78, 5) is 4.81. The highest BCUT2D eigenvalue weighted by Gasteiger charge is 2.22. The van der Waals surface area contributed by atoms with Gasteiger partial charge in [-0.1, -0.05) is 25.1 Å². The SMILES string of the molecule is C[C@H]1CCCN(C[C@@H](O)CN2CCCc3ccccc32)C1. The minimum absolute atomic E-state index is 0.249. The summed E-state index contributed by atoms with van der Waals surface area (Å²) >= 11 is 0. The van der Waals surface area contributed by atoms with Gasteiger partial charge >= 0.3 is 0 Å². The molecule has 0 aliphatic carbocycles. The largest absolute Gasteiger partial charge is 0.390 e. The van der Waals surface area contributed by atoms with Gasteiger partial charge in [-0.05, 0) is 49.8 Å². The fourth-order valence-corrected chi connectivity index (χ4v) is 3.86. The van der Waals surface area contributed by atoms with E-state index in [2.05, 4.69) is 41.0 Å². The number of piperidine rings is 1. The Hall–Kier alpha value is -1.06. The van der Waals surface area contributed by atoms with Crippen LogP contribution in [0.4, 0.5) is 5.69 Å². The number of nitrogens with zero attached hydrogens (tertiary/aromatic N) is 2. The van der Waals surface area contributed by atoms with Crippen molar-refractivity contribution in [3.63, 3.8) is 0 Å². The Balaban J connectivity index is 1.57. The van der Waals surface area contributed by atoms with E-state index in [1.807, 2.05) is 0 Å². The van der Waals surface area contributed by atoms with Crippen molar-refractivity contribution >= 4 is 5.69 Å². The van der Waals surface area contributed by atoms with Gasteiger partial charge in [-0.3, -0.25) is 0 Å². The van der Waals surface area contributed by atoms with Gasteiger partial charge in [0, 0.05) is 31.9 Å². The number of anilines is 1. The lowest BCUT2D eigenvalue weighted by Gasteiger charge is -2.36. The summed E-state index contributed by atoms with van der Waals surface area (Å²) in [6, 6.07) is 8.65. The Morgan fingerprint density at radius 2 is 2.05 bits per heavy atom. The number of hydrogen-bond donors (Lipinski definition) is 1. The van der Waals surface area contributed by atoms with Gasteiger partial charge in [0.05, 0.1) is 6.10 Å². The van der Waals surface area contributed by atoms with Crippen LogP contribution in [-0.4, -0.2) is 48.8 Å². The fourth-order valence-electron chi connectivity index (χ4n) is 3.86. The Morgan fingerprint density at radius 1 is 1.19 bits per heavy atom. The highest BCUT2D eigenvalue weighted by Crippen LogP contribution is 2.26. The predicted octanol–water partition coefficient (Wildman–Crippen LogP) is 2.53. The Bertz CT molecular complexity index is 462. The first-order valence-electron chi connectivity index (χ1n) is 8.45. The van der Waals surface area contributed by atoms with E-state index < -0.39 is 0 Å². The first-order valence-corrected chi connectivity index (χ1v) is 8.45. The van der Waals surface area contributed by atoms with Crippen molar-refractivity contribution in [2.75, 3.05) is 37.6 Å². The summed E-state index contributed by atoms with van der Waals surface area (Å²) in [6.45, 7) is 7.28. The summed E-state index contributed by atoms with van der Waals surface area (Å²) < 4.78 is 0. The summed E-state index contributed by atoms with van der Waals surface area (Å²) in [5, 5.41) is 10.5. The molecule has 3 nitrogen and oxygen atoms in total. The fraction of sp³-hybridized carbons (Fsp3) is 0.667. The number of benzene rings is 1. The molecule has 0 radical (unpaired) electrons. The van der Waals surface area contributed by atoms with Crippen molar-refractivity contribution in [1.29, 1.82) is 0 Å². The van der Waals surface area contributed by atoms with Gasteiger partial charge < -0.3 is 14.9 Å². The van der Waals surface area contributed by atoms with Crippen molar-refractivity contribution in [2.24, 2.45) is 5.92 Å². The van der Waals surface area contributed by atoms with Crippen LogP contribution in [0.3, 0.4) is 0 Å². The molecule has 2 aliphatic rings. The third kappa shape index (κ3) is 3.78. The molecule has 2 aliphatic heterocycles. The van der Waals surface area contributed by atoms with Gasteiger partial charge in [-0.25, -0.2) is 0 Å². The first-order chi connectivity index (χ1) is 10.2. The van der Waals surface area contributed by atoms with Gasteiger partial charge in [0.25, 0.3) is 0 Å². The summed E-state index contributed by atoms with van der Waals surface area (Å²) in [7, 11) is 0. The normalized spacial score (nSPS) is 24.7. The standard InChI is InChI=1S/C18H28N2O/c1-15-6-4-10-19(12-15)13-17(21)14-20-11-5-8-16-7-2-3-9-18(16)20/h2-3,7,9,15,17,21H,4-6,8,10-14H2,1H3/t15-,17+/m0/s1. The maximum Gasteiger partial charge on any atom is 0.0841 e. The van der Waals surface area contributed by atoms with E-state index in [-0.39, 0.29) is 6.10 Å². The van der Waals surface area contributed by atoms with Crippen molar-refractivity contribution in [2.45, 2.75) is 38.7 Å². The zero-order valence-corrected chi connectivity index (χ0v) is 13.2. The number of fused-ring (bicyclic) bond motifs is 1. The van der Waals surface area contributed by atoms with Crippen LogP contribution in [0.2, 0.25) is 0 Å². The lowest BCUT2D eigenvalue weighted by Crippen LogP contribution is -2.44. The number of hydrogen-bond acceptors (Lipinski definition) is 3. The minimum Gasteiger partial charge on any atom is -0.390 e. The molecule has 1 N–H and O–H groups in total. The van der Waals surface area contributed by atoms with Gasteiger partial charge in [-0.15, -0.1) is 0 Å². The van der Waals surface area contributed by atoms with Crippen LogP contribution >= 0.6 is 0 Å². The molecule has 116 valence electrons. The van der Waals surface area contributed by atoms with Crippen molar-refractivity contribution in [3.8, 4) is 0 Å². The van der Waals surface area contributed by atoms with Crippen LogP contribution in [0.1, 0.15) is 31.7 Å². The molecular formula is C18H28N2O. The van der Waals surface area contributed by atoms with Gasteiger partial charge in [-0.2, -0.15) is 0 Å². The van der Waals surface area contributed by atoms with E-state index in [9.17, 15) is 5.11 Å². The van der Waals surface area contributed by atoms with E-state index in [4.69, 9.17) is 0 Å². The second-order valence-corrected chi connectivity index (χ2v) is 6.84. The Labute approximate surface area is 128 Å². The molecule has 1 aromatic carbocycles. The van der Waals surface area contributed by atoms with E-state index in [0.29, 0.717) is 0 Å². The van der Waals surface area contributed by atoms with E-state index in [1.165, 1.54) is 36.9 Å². The average molecular weight is 288 g/mol. The molecular weight excluding hydrogens is 260 g/mol. The molecule has 0 unspecified atom stereocenters. The molecule has 1 saturated heterocycles. The third-order valence-electron chi connectivity index (χ3n) is 4.85. The predicted molar refractivity (Wildman–Crippen MR) is 87.8 cm³/mol. The molecule has 2 heterocycles. The maximum atomic E-state index is 10.5. The van der Waals surface area contributed by atoms with Crippen molar-refractivity contribution in [1.82, 2.24) is 4.90 Å². The van der Waals surface area contributed by atoms with Crippen molar-refractivity contribution < 1.29 is 5.11 Å². The highest BCUT2D eigenvalue weighted by molar-refractivity contribution is 5.55. The molecule has 3 heteroatoms. The molecule has 0 amide bonds. The highest BCUT2D eigenvalue weighted by atomic mass is 16.3. The number of aryl methyl sites for hydroxylation is 1.